The summed E-state index contributed by atoms with van der Waals surface area (Å²) in [4.78, 5) is 14.9. The van der Waals surface area contributed by atoms with Gasteiger partial charge in [-0.3, -0.25) is 9.13 Å². The van der Waals surface area contributed by atoms with Crippen molar-refractivity contribution in [3.8, 4) is 22.9 Å². The summed E-state index contributed by atoms with van der Waals surface area (Å²) in [5.41, 5.74) is 1.47. The van der Waals surface area contributed by atoms with Gasteiger partial charge in [-0.15, -0.1) is 0 Å². The first-order valence-electron chi connectivity index (χ1n) is 9.85. The van der Waals surface area contributed by atoms with Crippen molar-refractivity contribution in [3.63, 3.8) is 0 Å². The van der Waals surface area contributed by atoms with E-state index in [1.165, 1.54) is 0 Å². The second-order valence-electron chi connectivity index (χ2n) is 7.67. The molecule has 2 aromatic carbocycles. The summed E-state index contributed by atoms with van der Waals surface area (Å²) in [7, 11) is 4.02. The first-order valence-corrected chi connectivity index (χ1v) is 9.85. The molecule has 0 amide bonds. The predicted octanol–water partition coefficient (Wildman–Crippen LogP) is 3.60. The van der Waals surface area contributed by atoms with E-state index in [0.29, 0.717) is 19.1 Å². The Morgan fingerprint density at radius 1 is 0.828 bits per heavy atom. The summed E-state index contributed by atoms with van der Waals surface area (Å²) < 4.78 is 14.7. The lowest BCUT2D eigenvalue weighted by Gasteiger charge is -2.11. The highest BCUT2D eigenvalue weighted by Crippen LogP contribution is 2.17. The predicted molar refractivity (Wildman–Crippen MR) is 116 cm³/mol. The second-order valence-corrected chi connectivity index (χ2v) is 7.67. The van der Waals surface area contributed by atoms with Gasteiger partial charge in [0.15, 0.2) is 0 Å². The molecule has 1 heterocycles. The maximum atomic E-state index is 12.9. The Hall–Kier alpha value is -2.99. The van der Waals surface area contributed by atoms with Gasteiger partial charge in [0.2, 0.25) is 0 Å². The van der Waals surface area contributed by atoms with Gasteiger partial charge in [-0.25, -0.2) is 4.79 Å². The quantitative estimate of drug-likeness (QED) is 0.555. The van der Waals surface area contributed by atoms with Gasteiger partial charge < -0.3 is 14.4 Å². The zero-order valence-electron chi connectivity index (χ0n) is 17.5. The molecule has 0 fully saturated rings. The third-order valence-electron chi connectivity index (χ3n) is 4.40. The van der Waals surface area contributed by atoms with Crippen molar-refractivity contribution < 1.29 is 9.47 Å². The number of hydrogen-bond donors (Lipinski definition) is 0. The van der Waals surface area contributed by atoms with E-state index in [2.05, 4.69) is 18.7 Å². The van der Waals surface area contributed by atoms with E-state index >= 15 is 0 Å². The molecule has 0 aliphatic carbocycles. The standard InChI is InChI=1S/C23H29N3O3/c1-18(2)17-29-22-11-7-20(8-12-22)26-14-13-25(23(26)27)19-5-9-21(10-6-19)28-16-15-24(3)4/h5-14,18H,15-17H2,1-4H3. The highest BCUT2D eigenvalue weighted by molar-refractivity contribution is 5.40. The Kier molecular flexibility index (Phi) is 6.77. The van der Waals surface area contributed by atoms with Crippen molar-refractivity contribution in [2.24, 2.45) is 5.92 Å². The summed E-state index contributed by atoms with van der Waals surface area (Å²) in [6, 6.07) is 15.1. The summed E-state index contributed by atoms with van der Waals surface area (Å²) >= 11 is 0. The van der Waals surface area contributed by atoms with Gasteiger partial charge in [-0.05, 0) is 68.5 Å². The topological polar surface area (TPSA) is 48.6 Å². The van der Waals surface area contributed by atoms with Gasteiger partial charge in [0, 0.05) is 18.9 Å². The Bertz CT molecular complexity index is 954. The molecule has 0 saturated heterocycles. The Labute approximate surface area is 171 Å². The number of imidazole rings is 1. The van der Waals surface area contributed by atoms with Crippen LogP contribution in [0, 0.1) is 5.92 Å². The van der Waals surface area contributed by atoms with Crippen LogP contribution in [0.15, 0.2) is 65.7 Å². The van der Waals surface area contributed by atoms with Crippen LogP contribution in [0.25, 0.3) is 11.4 Å². The van der Waals surface area contributed by atoms with Gasteiger partial charge in [-0.1, -0.05) is 13.8 Å². The van der Waals surface area contributed by atoms with Gasteiger partial charge in [0.1, 0.15) is 18.1 Å². The average Bonchev–Trinajstić information content (AvgIpc) is 3.08. The van der Waals surface area contributed by atoms with Gasteiger partial charge in [0.05, 0.1) is 18.0 Å². The molecule has 0 bridgehead atoms. The fourth-order valence-electron chi connectivity index (χ4n) is 2.78. The number of likely N-dealkylation sites (N-methyl/N-ethyl adjacent to an activating group) is 1. The molecular formula is C23H29N3O3. The fourth-order valence-corrected chi connectivity index (χ4v) is 2.78. The van der Waals surface area contributed by atoms with Crippen LogP contribution in [-0.2, 0) is 0 Å². The van der Waals surface area contributed by atoms with E-state index < -0.39 is 0 Å². The SMILES string of the molecule is CC(C)COc1ccc(-n2ccn(-c3ccc(OCCN(C)C)cc3)c2=O)cc1. The monoisotopic (exact) mass is 395 g/mol. The molecular weight excluding hydrogens is 366 g/mol. The summed E-state index contributed by atoms with van der Waals surface area (Å²) in [5, 5.41) is 0. The van der Waals surface area contributed by atoms with Crippen molar-refractivity contribution in [3.05, 3.63) is 71.4 Å². The Morgan fingerprint density at radius 2 is 1.31 bits per heavy atom. The summed E-state index contributed by atoms with van der Waals surface area (Å²) in [6.07, 6.45) is 3.54. The highest BCUT2D eigenvalue weighted by atomic mass is 16.5. The van der Waals surface area contributed by atoms with Gasteiger partial charge in [-0.2, -0.15) is 0 Å². The molecule has 29 heavy (non-hydrogen) atoms. The normalized spacial score (nSPS) is 11.2. The number of nitrogens with zero attached hydrogens (tertiary/aromatic N) is 3. The average molecular weight is 396 g/mol. The summed E-state index contributed by atoms with van der Waals surface area (Å²) in [6.45, 7) is 6.37. The number of benzene rings is 2. The molecule has 6 heteroatoms. The van der Waals surface area contributed by atoms with E-state index in [-0.39, 0.29) is 5.69 Å². The van der Waals surface area contributed by atoms with Crippen LogP contribution in [0.1, 0.15) is 13.8 Å². The molecule has 0 aliphatic heterocycles. The third-order valence-corrected chi connectivity index (χ3v) is 4.40. The number of hydrogen-bond acceptors (Lipinski definition) is 4. The highest BCUT2D eigenvalue weighted by Gasteiger charge is 2.08. The molecule has 0 aliphatic rings. The minimum absolute atomic E-state index is 0.123. The molecule has 6 nitrogen and oxygen atoms in total. The van der Waals surface area contributed by atoms with E-state index in [0.717, 1.165) is 29.4 Å². The minimum Gasteiger partial charge on any atom is -0.493 e. The Balaban J connectivity index is 1.71. The minimum atomic E-state index is -0.123. The second kappa shape index (κ2) is 9.47. The fraction of sp³-hybridized carbons (Fsp3) is 0.348. The van der Waals surface area contributed by atoms with Crippen LogP contribution < -0.4 is 15.2 Å². The van der Waals surface area contributed by atoms with Crippen LogP contribution in [-0.4, -0.2) is 47.9 Å². The van der Waals surface area contributed by atoms with Gasteiger partial charge in [0.25, 0.3) is 0 Å². The zero-order chi connectivity index (χ0) is 20.8. The van der Waals surface area contributed by atoms with Crippen molar-refractivity contribution in [2.75, 3.05) is 33.9 Å². The lowest BCUT2D eigenvalue weighted by atomic mass is 10.2. The molecule has 3 aromatic rings. The largest absolute Gasteiger partial charge is 0.493 e. The third kappa shape index (κ3) is 5.51. The molecule has 0 spiro atoms. The van der Waals surface area contributed by atoms with Crippen LogP contribution in [0.2, 0.25) is 0 Å². The van der Waals surface area contributed by atoms with Crippen molar-refractivity contribution in [1.82, 2.24) is 14.0 Å². The van der Waals surface area contributed by atoms with Crippen LogP contribution in [0.3, 0.4) is 0 Å². The summed E-state index contributed by atoms with van der Waals surface area (Å²) in [5.74, 6) is 2.07. The lowest BCUT2D eigenvalue weighted by molar-refractivity contribution is 0.261. The molecule has 3 rings (SSSR count). The lowest BCUT2D eigenvalue weighted by Crippen LogP contribution is -2.21. The van der Waals surface area contributed by atoms with E-state index in [1.807, 2.05) is 62.6 Å². The smallest absolute Gasteiger partial charge is 0.337 e. The molecule has 0 N–H and O–H groups in total. The molecule has 1 aromatic heterocycles. The first kappa shape index (κ1) is 20.7. The number of aromatic nitrogens is 2. The number of rotatable bonds is 9. The van der Waals surface area contributed by atoms with Crippen LogP contribution >= 0.6 is 0 Å². The maximum Gasteiger partial charge on any atom is 0.337 e. The molecule has 0 saturated carbocycles. The number of ether oxygens (including phenoxy) is 2. The van der Waals surface area contributed by atoms with Crippen molar-refractivity contribution in [1.29, 1.82) is 0 Å². The van der Waals surface area contributed by atoms with Crippen molar-refractivity contribution >= 4 is 0 Å². The van der Waals surface area contributed by atoms with Gasteiger partial charge >= 0.3 is 5.69 Å². The molecule has 0 atom stereocenters. The molecule has 0 unspecified atom stereocenters. The molecule has 154 valence electrons. The van der Waals surface area contributed by atoms with Crippen LogP contribution in [0.4, 0.5) is 0 Å². The van der Waals surface area contributed by atoms with Crippen LogP contribution in [0.5, 0.6) is 11.5 Å². The van der Waals surface area contributed by atoms with E-state index in [4.69, 9.17) is 9.47 Å². The maximum absolute atomic E-state index is 12.9. The molecule has 0 radical (unpaired) electrons. The first-order chi connectivity index (χ1) is 13.9. The van der Waals surface area contributed by atoms with E-state index in [9.17, 15) is 4.79 Å². The zero-order valence-corrected chi connectivity index (χ0v) is 17.5. The van der Waals surface area contributed by atoms with Crippen molar-refractivity contribution in [2.45, 2.75) is 13.8 Å². The van der Waals surface area contributed by atoms with E-state index in [1.54, 1.807) is 21.5 Å². The Morgan fingerprint density at radius 3 is 1.76 bits per heavy atom.